The molecule has 96 valence electrons. The number of pyridine rings is 1. The van der Waals surface area contributed by atoms with Crippen molar-refractivity contribution in [1.29, 1.82) is 0 Å². The molecule has 0 aliphatic carbocycles. The molecule has 0 fully saturated rings. The van der Waals surface area contributed by atoms with E-state index in [1.807, 2.05) is 0 Å². The Morgan fingerprint density at radius 3 is 3.05 bits per heavy atom. The van der Waals surface area contributed by atoms with Gasteiger partial charge in [-0.2, -0.15) is 0 Å². The number of anilines is 1. The molecule has 0 aromatic carbocycles. The number of carbonyl (C=O) groups is 1. The molecule has 2 heterocycles. The van der Waals surface area contributed by atoms with E-state index in [-0.39, 0.29) is 12.5 Å². The summed E-state index contributed by atoms with van der Waals surface area (Å²) < 4.78 is 12.7. The van der Waals surface area contributed by atoms with Gasteiger partial charge in [0.05, 0.1) is 23.2 Å². The molecular weight excluding hydrogens is 265 g/mol. The first-order valence-electron chi connectivity index (χ1n) is 5.39. The molecule has 0 atom stereocenters. The smallest absolute Gasteiger partial charge is 0.257 e. The van der Waals surface area contributed by atoms with E-state index >= 15 is 0 Å². The first-order chi connectivity index (χ1) is 9.19. The molecule has 3 N–H and O–H groups in total. The van der Waals surface area contributed by atoms with E-state index in [2.05, 4.69) is 22.1 Å². The number of nitrogens with zero attached hydrogens (tertiary/aromatic N) is 1. The van der Waals surface area contributed by atoms with E-state index in [1.165, 1.54) is 23.5 Å². The van der Waals surface area contributed by atoms with Crippen molar-refractivity contribution in [3.8, 4) is 11.8 Å². The second kappa shape index (κ2) is 6.09. The van der Waals surface area contributed by atoms with E-state index in [9.17, 15) is 9.18 Å². The molecule has 0 aliphatic heterocycles. The molecule has 0 saturated heterocycles. The zero-order valence-electron chi connectivity index (χ0n) is 9.81. The summed E-state index contributed by atoms with van der Waals surface area (Å²) in [6, 6.07) is 4.30. The lowest BCUT2D eigenvalue weighted by atomic mass is 10.3. The van der Waals surface area contributed by atoms with Crippen molar-refractivity contribution in [3.63, 3.8) is 0 Å². The Hall–Kier alpha value is -2.23. The number of nitrogens with one attached hydrogen (secondary N) is 1. The van der Waals surface area contributed by atoms with Gasteiger partial charge in [-0.05, 0) is 18.2 Å². The van der Waals surface area contributed by atoms with Crippen molar-refractivity contribution < 1.29 is 9.18 Å². The molecule has 0 bridgehead atoms. The summed E-state index contributed by atoms with van der Waals surface area (Å²) in [7, 11) is 0. The Bertz CT molecular complexity index is 640. The fourth-order valence-electron chi connectivity index (χ4n) is 1.30. The number of thiophene rings is 1. The van der Waals surface area contributed by atoms with Gasteiger partial charge in [0.2, 0.25) is 0 Å². The number of nitrogens with two attached hydrogens (primary N) is 1. The third kappa shape index (κ3) is 3.61. The first kappa shape index (κ1) is 13.2. The van der Waals surface area contributed by atoms with E-state index < -0.39 is 5.82 Å². The molecule has 0 aliphatic rings. The van der Waals surface area contributed by atoms with Gasteiger partial charge in [-0.25, -0.2) is 9.37 Å². The summed E-state index contributed by atoms with van der Waals surface area (Å²) in [5.74, 6) is 5.10. The molecule has 0 saturated carbocycles. The Labute approximate surface area is 113 Å². The Balaban J connectivity index is 2.07. The van der Waals surface area contributed by atoms with E-state index in [4.69, 9.17) is 5.73 Å². The van der Waals surface area contributed by atoms with Crippen molar-refractivity contribution in [2.75, 3.05) is 11.9 Å². The van der Waals surface area contributed by atoms with Crippen LogP contribution in [0.5, 0.6) is 0 Å². The molecule has 2 aromatic rings. The summed E-state index contributed by atoms with van der Waals surface area (Å²) in [5, 5.41) is 4.27. The predicted octanol–water partition coefficient (Wildman–Crippen LogP) is 1.84. The molecule has 2 aromatic heterocycles. The molecule has 19 heavy (non-hydrogen) atoms. The maximum Gasteiger partial charge on any atom is 0.257 e. The van der Waals surface area contributed by atoms with Crippen LogP contribution in [0.2, 0.25) is 0 Å². The van der Waals surface area contributed by atoms with Crippen LogP contribution in [0.4, 0.5) is 10.2 Å². The van der Waals surface area contributed by atoms with Crippen molar-refractivity contribution in [3.05, 3.63) is 46.0 Å². The normalized spacial score (nSPS) is 9.58. The van der Waals surface area contributed by atoms with Crippen molar-refractivity contribution in [1.82, 2.24) is 4.98 Å². The lowest BCUT2D eigenvalue weighted by molar-refractivity contribution is 0.102. The van der Waals surface area contributed by atoms with Crippen LogP contribution in [-0.2, 0) is 0 Å². The highest BCUT2D eigenvalue weighted by molar-refractivity contribution is 7.10. The zero-order chi connectivity index (χ0) is 13.7. The Morgan fingerprint density at radius 1 is 1.53 bits per heavy atom. The van der Waals surface area contributed by atoms with Crippen LogP contribution in [0.3, 0.4) is 0 Å². The van der Waals surface area contributed by atoms with Gasteiger partial charge >= 0.3 is 0 Å². The van der Waals surface area contributed by atoms with Crippen LogP contribution in [0.15, 0.2) is 29.8 Å². The third-order valence-electron chi connectivity index (χ3n) is 2.14. The minimum Gasteiger partial charge on any atom is -0.320 e. The highest BCUT2D eigenvalue weighted by atomic mass is 32.1. The van der Waals surface area contributed by atoms with E-state index in [0.29, 0.717) is 11.4 Å². The Kier molecular flexibility index (Phi) is 4.23. The summed E-state index contributed by atoms with van der Waals surface area (Å²) in [6.07, 6.45) is 1.04. The lowest BCUT2D eigenvalue weighted by Crippen LogP contribution is -2.11. The number of hydrogen-bond acceptors (Lipinski definition) is 4. The van der Waals surface area contributed by atoms with Crippen LogP contribution in [0.25, 0.3) is 0 Å². The molecule has 0 radical (unpaired) electrons. The fourth-order valence-corrected chi connectivity index (χ4v) is 2.05. The second-order valence-corrected chi connectivity index (χ2v) is 4.43. The highest BCUT2D eigenvalue weighted by Crippen LogP contribution is 2.15. The van der Waals surface area contributed by atoms with Crippen molar-refractivity contribution >= 4 is 23.1 Å². The maximum absolute atomic E-state index is 12.7. The van der Waals surface area contributed by atoms with Gasteiger partial charge in [0.15, 0.2) is 0 Å². The standard InChI is InChI=1S/C13H10FN3OS/c14-10-3-4-12(16-7-10)17-13(18)9-6-11(19-8-9)2-1-5-15/h3-4,6-8H,5,15H2,(H,16,17,18). The van der Waals surface area contributed by atoms with Gasteiger partial charge in [0.25, 0.3) is 5.91 Å². The van der Waals surface area contributed by atoms with Crippen molar-refractivity contribution in [2.24, 2.45) is 5.73 Å². The maximum atomic E-state index is 12.7. The van der Waals surface area contributed by atoms with Crippen LogP contribution in [-0.4, -0.2) is 17.4 Å². The number of carbonyl (C=O) groups excluding carboxylic acids is 1. The van der Waals surface area contributed by atoms with Crippen LogP contribution in [0.1, 0.15) is 15.2 Å². The summed E-state index contributed by atoms with van der Waals surface area (Å²) >= 11 is 1.36. The molecule has 2 rings (SSSR count). The van der Waals surface area contributed by atoms with Crippen LogP contribution in [0, 0.1) is 17.7 Å². The van der Waals surface area contributed by atoms with Crippen molar-refractivity contribution in [2.45, 2.75) is 0 Å². The molecule has 4 nitrogen and oxygen atoms in total. The minimum absolute atomic E-state index is 0.277. The van der Waals surface area contributed by atoms with Crippen LogP contribution < -0.4 is 11.1 Å². The highest BCUT2D eigenvalue weighted by Gasteiger charge is 2.09. The van der Waals surface area contributed by atoms with Crippen LogP contribution >= 0.6 is 11.3 Å². The van der Waals surface area contributed by atoms with E-state index in [1.54, 1.807) is 11.4 Å². The average Bonchev–Trinajstić information content (AvgIpc) is 2.88. The minimum atomic E-state index is -0.451. The largest absolute Gasteiger partial charge is 0.320 e. The first-order valence-corrected chi connectivity index (χ1v) is 6.27. The van der Waals surface area contributed by atoms with Gasteiger partial charge in [-0.3, -0.25) is 4.79 Å². The van der Waals surface area contributed by atoms with Gasteiger partial charge in [-0.15, -0.1) is 11.3 Å². The molecule has 1 amide bonds. The quantitative estimate of drug-likeness (QED) is 0.822. The number of rotatable bonds is 2. The Morgan fingerprint density at radius 2 is 2.37 bits per heavy atom. The van der Waals surface area contributed by atoms with Gasteiger partial charge in [0, 0.05) is 5.38 Å². The molecule has 6 heteroatoms. The fraction of sp³-hybridized carbons (Fsp3) is 0.0769. The van der Waals surface area contributed by atoms with E-state index in [0.717, 1.165) is 11.1 Å². The number of aromatic nitrogens is 1. The zero-order valence-corrected chi connectivity index (χ0v) is 10.6. The average molecular weight is 275 g/mol. The van der Waals surface area contributed by atoms with Gasteiger partial charge in [-0.1, -0.05) is 11.8 Å². The number of hydrogen-bond donors (Lipinski definition) is 2. The van der Waals surface area contributed by atoms with Gasteiger partial charge < -0.3 is 11.1 Å². The lowest BCUT2D eigenvalue weighted by Gasteiger charge is -2.01. The number of amides is 1. The van der Waals surface area contributed by atoms with Gasteiger partial charge in [0.1, 0.15) is 11.6 Å². The topological polar surface area (TPSA) is 68.0 Å². The monoisotopic (exact) mass is 275 g/mol. The molecule has 0 unspecified atom stereocenters. The summed E-state index contributed by atoms with van der Waals surface area (Å²) in [6.45, 7) is 0.277. The third-order valence-corrected chi connectivity index (χ3v) is 2.99. The molecule has 0 spiro atoms. The SMILES string of the molecule is NCC#Cc1cc(C(=O)Nc2ccc(F)cn2)cs1. The summed E-state index contributed by atoms with van der Waals surface area (Å²) in [4.78, 5) is 16.4. The summed E-state index contributed by atoms with van der Waals surface area (Å²) in [5.41, 5.74) is 5.75. The predicted molar refractivity (Wildman–Crippen MR) is 72.4 cm³/mol. The molecular formula is C13H10FN3OS. The second-order valence-electron chi connectivity index (χ2n) is 3.52. The number of halogens is 1.